The SMILES string of the molecule is CCNC(=NCc1ccccc1OCC1CC1)NCC1CN(C)CCO1. The first-order valence-electron chi connectivity index (χ1n) is 9.77. The van der Waals surface area contributed by atoms with Gasteiger partial charge in [-0.15, -0.1) is 0 Å². The second-order valence-electron chi connectivity index (χ2n) is 7.19. The topological polar surface area (TPSA) is 58.1 Å². The number of nitrogens with zero attached hydrogens (tertiary/aromatic N) is 2. The van der Waals surface area contributed by atoms with Crippen LogP contribution in [-0.2, 0) is 11.3 Å². The summed E-state index contributed by atoms with van der Waals surface area (Å²) < 4.78 is 11.8. The molecule has 1 saturated heterocycles. The van der Waals surface area contributed by atoms with Gasteiger partial charge in [0, 0.05) is 31.7 Å². The van der Waals surface area contributed by atoms with E-state index >= 15 is 0 Å². The van der Waals surface area contributed by atoms with E-state index in [2.05, 4.69) is 35.6 Å². The number of hydrogen-bond donors (Lipinski definition) is 2. The number of hydrogen-bond acceptors (Lipinski definition) is 4. The molecule has 1 aromatic rings. The number of morpholine rings is 1. The minimum Gasteiger partial charge on any atom is -0.493 e. The van der Waals surface area contributed by atoms with Gasteiger partial charge in [0.1, 0.15) is 5.75 Å². The molecule has 0 bridgehead atoms. The van der Waals surface area contributed by atoms with Crippen LogP contribution in [0, 0.1) is 5.92 Å². The Labute approximate surface area is 157 Å². The van der Waals surface area contributed by atoms with Crippen LogP contribution >= 0.6 is 0 Å². The van der Waals surface area contributed by atoms with Crippen LogP contribution in [0.15, 0.2) is 29.3 Å². The molecule has 2 fully saturated rings. The Morgan fingerprint density at radius 1 is 1.31 bits per heavy atom. The number of rotatable bonds is 8. The Kier molecular flexibility index (Phi) is 7.14. The van der Waals surface area contributed by atoms with Crippen molar-refractivity contribution in [1.82, 2.24) is 15.5 Å². The zero-order chi connectivity index (χ0) is 18.2. The van der Waals surface area contributed by atoms with Gasteiger partial charge < -0.3 is 25.0 Å². The van der Waals surface area contributed by atoms with Gasteiger partial charge in [-0.05, 0) is 38.8 Å². The van der Waals surface area contributed by atoms with Gasteiger partial charge in [-0.1, -0.05) is 18.2 Å². The third-order valence-corrected chi connectivity index (χ3v) is 4.73. The molecule has 1 unspecified atom stereocenters. The van der Waals surface area contributed by atoms with Gasteiger partial charge in [0.15, 0.2) is 5.96 Å². The number of guanidine groups is 1. The Morgan fingerprint density at radius 3 is 2.92 bits per heavy atom. The summed E-state index contributed by atoms with van der Waals surface area (Å²) in [5.41, 5.74) is 1.12. The van der Waals surface area contributed by atoms with Crippen molar-refractivity contribution < 1.29 is 9.47 Å². The minimum absolute atomic E-state index is 0.201. The molecule has 1 aliphatic carbocycles. The molecule has 1 saturated carbocycles. The Hall–Kier alpha value is -1.79. The molecule has 0 aromatic heterocycles. The maximum Gasteiger partial charge on any atom is 0.191 e. The monoisotopic (exact) mass is 360 g/mol. The zero-order valence-electron chi connectivity index (χ0n) is 16.0. The summed E-state index contributed by atoms with van der Waals surface area (Å²) >= 11 is 0. The molecule has 6 heteroatoms. The molecule has 0 amide bonds. The normalized spacial score (nSPS) is 21.5. The third-order valence-electron chi connectivity index (χ3n) is 4.73. The van der Waals surface area contributed by atoms with Crippen LogP contribution in [0.2, 0.25) is 0 Å². The molecule has 2 aliphatic rings. The van der Waals surface area contributed by atoms with Crippen molar-refractivity contribution in [2.24, 2.45) is 10.9 Å². The molecule has 2 N–H and O–H groups in total. The first-order chi connectivity index (χ1) is 12.7. The smallest absolute Gasteiger partial charge is 0.191 e. The summed E-state index contributed by atoms with van der Waals surface area (Å²) in [7, 11) is 2.13. The number of aliphatic imine (C=N–C) groups is 1. The first-order valence-corrected chi connectivity index (χ1v) is 9.77. The lowest BCUT2D eigenvalue weighted by Crippen LogP contribution is -2.48. The fraction of sp³-hybridized carbons (Fsp3) is 0.650. The highest BCUT2D eigenvalue weighted by Crippen LogP contribution is 2.30. The molecule has 144 valence electrons. The molecule has 1 aliphatic heterocycles. The third kappa shape index (κ3) is 6.18. The van der Waals surface area contributed by atoms with Gasteiger partial charge in [-0.3, -0.25) is 0 Å². The number of nitrogens with one attached hydrogen (secondary N) is 2. The van der Waals surface area contributed by atoms with Crippen molar-refractivity contribution in [2.45, 2.75) is 32.4 Å². The molecule has 26 heavy (non-hydrogen) atoms. The summed E-state index contributed by atoms with van der Waals surface area (Å²) in [6, 6.07) is 8.20. The average Bonchev–Trinajstić information content (AvgIpc) is 3.47. The standard InChI is InChI=1S/C20H32N4O2/c1-3-21-20(23-13-18-14-24(2)10-11-25-18)22-12-17-6-4-5-7-19(17)26-15-16-8-9-16/h4-7,16,18H,3,8-15H2,1-2H3,(H2,21,22,23). The summed E-state index contributed by atoms with van der Waals surface area (Å²) in [6.45, 7) is 7.84. The largest absolute Gasteiger partial charge is 0.493 e. The van der Waals surface area contributed by atoms with Crippen LogP contribution in [0.4, 0.5) is 0 Å². The van der Waals surface area contributed by atoms with Gasteiger partial charge >= 0.3 is 0 Å². The van der Waals surface area contributed by atoms with Crippen molar-refractivity contribution in [3.8, 4) is 5.75 Å². The van der Waals surface area contributed by atoms with E-state index in [9.17, 15) is 0 Å². The van der Waals surface area contributed by atoms with E-state index in [1.54, 1.807) is 0 Å². The molecule has 0 spiro atoms. The highest BCUT2D eigenvalue weighted by atomic mass is 16.5. The molecule has 3 rings (SSSR count). The molecule has 0 radical (unpaired) electrons. The van der Waals surface area contributed by atoms with Crippen molar-refractivity contribution in [2.75, 3.05) is 46.4 Å². The predicted molar refractivity (Wildman–Crippen MR) is 105 cm³/mol. The van der Waals surface area contributed by atoms with Crippen molar-refractivity contribution in [3.05, 3.63) is 29.8 Å². The van der Waals surface area contributed by atoms with Crippen LogP contribution in [0.1, 0.15) is 25.3 Å². The lowest BCUT2D eigenvalue weighted by Gasteiger charge is -2.30. The van der Waals surface area contributed by atoms with Gasteiger partial charge in [0.25, 0.3) is 0 Å². The summed E-state index contributed by atoms with van der Waals surface area (Å²) in [4.78, 5) is 7.03. The Balaban J connectivity index is 1.54. The van der Waals surface area contributed by atoms with Crippen LogP contribution in [0.3, 0.4) is 0 Å². The molecule has 1 atom stereocenters. The van der Waals surface area contributed by atoms with Gasteiger partial charge in [0.05, 0.1) is 25.9 Å². The quantitative estimate of drug-likeness (QED) is 0.547. The number of ether oxygens (including phenoxy) is 2. The average molecular weight is 361 g/mol. The lowest BCUT2D eigenvalue weighted by molar-refractivity contribution is -0.0161. The Morgan fingerprint density at radius 2 is 2.15 bits per heavy atom. The number of likely N-dealkylation sites (N-methyl/N-ethyl adjacent to an activating group) is 1. The van der Waals surface area contributed by atoms with Crippen molar-refractivity contribution in [1.29, 1.82) is 0 Å². The molecule has 1 aromatic carbocycles. The highest BCUT2D eigenvalue weighted by molar-refractivity contribution is 5.79. The Bertz CT molecular complexity index is 589. The molecule has 1 heterocycles. The second kappa shape index (κ2) is 9.78. The van der Waals surface area contributed by atoms with Crippen LogP contribution in [-0.4, -0.2) is 63.4 Å². The number of para-hydroxylation sites is 1. The number of benzene rings is 1. The summed E-state index contributed by atoms with van der Waals surface area (Å²) in [5, 5.41) is 6.72. The van der Waals surface area contributed by atoms with E-state index in [0.29, 0.717) is 6.54 Å². The predicted octanol–water partition coefficient (Wildman–Crippen LogP) is 1.86. The summed E-state index contributed by atoms with van der Waals surface area (Å²) in [6.07, 6.45) is 2.80. The van der Waals surface area contributed by atoms with E-state index in [0.717, 1.165) is 62.6 Å². The molecular weight excluding hydrogens is 328 g/mol. The molecular formula is C20H32N4O2. The maximum absolute atomic E-state index is 5.98. The van der Waals surface area contributed by atoms with Crippen LogP contribution in [0.5, 0.6) is 5.75 Å². The molecule has 6 nitrogen and oxygen atoms in total. The lowest BCUT2D eigenvalue weighted by atomic mass is 10.2. The highest BCUT2D eigenvalue weighted by Gasteiger charge is 2.22. The maximum atomic E-state index is 5.98. The minimum atomic E-state index is 0.201. The fourth-order valence-electron chi connectivity index (χ4n) is 2.97. The first kappa shape index (κ1) is 19.0. The van der Waals surface area contributed by atoms with Gasteiger partial charge in [0.2, 0.25) is 0 Å². The van der Waals surface area contributed by atoms with Crippen molar-refractivity contribution in [3.63, 3.8) is 0 Å². The fourth-order valence-corrected chi connectivity index (χ4v) is 2.97. The van der Waals surface area contributed by atoms with Crippen molar-refractivity contribution >= 4 is 5.96 Å². The van der Waals surface area contributed by atoms with Crippen LogP contribution in [0.25, 0.3) is 0 Å². The summed E-state index contributed by atoms with van der Waals surface area (Å²) in [5.74, 6) is 2.52. The van der Waals surface area contributed by atoms with E-state index in [1.807, 2.05) is 18.2 Å². The van der Waals surface area contributed by atoms with E-state index in [1.165, 1.54) is 12.8 Å². The van der Waals surface area contributed by atoms with Gasteiger partial charge in [-0.2, -0.15) is 0 Å². The van der Waals surface area contributed by atoms with E-state index in [-0.39, 0.29) is 6.10 Å². The van der Waals surface area contributed by atoms with Gasteiger partial charge in [-0.25, -0.2) is 4.99 Å². The van der Waals surface area contributed by atoms with Crippen LogP contribution < -0.4 is 15.4 Å². The van der Waals surface area contributed by atoms with E-state index < -0.39 is 0 Å². The second-order valence-corrected chi connectivity index (χ2v) is 7.19. The zero-order valence-corrected chi connectivity index (χ0v) is 16.0. The van der Waals surface area contributed by atoms with E-state index in [4.69, 9.17) is 14.5 Å².